The number of aromatic nitrogens is 2. The van der Waals surface area contributed by atoms with E-state index in [1.807, 2.05) is 48.5 Å². The van der Waals surface area contributed by atoms with Gasteiger partial charge in [-0.25, -0.2) is 4.98 Å². The Bertz CT molecular complexity index is 1470. The number of para-hydroxylation sites is 1. The Morgan fingerprint density at radius 1 is 0.909 bits per heavy atom. The molecule has 5 rings (SSSR count). The third-order valence-electron chi connectivity index (χ3n) is 5.54. The van der Waals surface area contributed by atoms with Crippen molar-refractivity contribution >= 4 is 28.4 Å². The van der Waals surface area contributed by atoms with Crippen molar-refractivity contribution < 1.29 is 9.59 Å². The first-order valence-corrected chi connectivity index (χ1v) is 10.6. The molecule has 0 N–H and O–H groups in total. The van der Waals surface area contributed by atoms with Gasteiger partial charge in [-0.2, -0.15) is 10.1 Å². The van der Waals surface area contributed by atoms with Gasteiger partial charge in [-0.15, -0.1) is 0 Å². The number of imide groups is 1. The summed E-state index contributed by atoms with van der Waals surface area (Å²) in [6.07, 6.45) is 0.157. The van der Waals surface area contributed by atoms with Crippen LogP contribution < -0.4 is 5.56 Å². The van der Waals surface area contributed by atoms with Crippen LogP contribution in [0.25, 0.3) is 22.3 Å². The van der Waals surface area contributed by atoms with E-state index in [4.69, 9.17) is 4.98 Å². The van der Waals surface area contributed by atoms with Gasteiger partial charge in [-0.05, 0) is 36.8 Å². The Morgan fingerprint density at radius 3 is 2.30 bits per heavy atom. The fourth-order valence-electron chi connectivity index (χ4n) is 3.89. The lowest BCUT2D eigenvalue weighted by atomic mass is 10.1. The van der Waals surface area contributed by atoms with Crippen molar-refractivity contribution in [1.82, 2.24) is 14.6 Å². The number of hydrogen-bond acceptors (Lipinski definition) is 5. The molecule has 0 spiro atoms. The summed E-state index contributed by atoms with van der Waals surface area (Å²) in [5.74, 6) is -0.215. The first-order valence-electron chi connectivity index (χ1n) is 10.6. The van der Waals surface area contributed by atoms with Crippen molar-refractivity contribution in [3.63, 3.8) is 0 Å². The summed E-state index contributed by atoms with van der Waals surface area (Å²) >= 11 is 0. The number of rotatable bonds is 4. The molecular weight excluding hydrogens is 416 g/mol. The van der Waals surface area contributed by atoms with E-state index in [0.717, 1.165) is 16.1 Å². The molecule has 1 aliphatic rings. The quantitative estimate of drug-likeness (QED) is 0.455. The lowest BCUT2D eigenvalue weighted by Crippen LogP contribution is -2.28. The summed E-state index contributed by atoms with van der Waals surface area (Å²) in [5, 5.41) is 5.48. The molecule has 162 valence electrons. The molecule has 0 atom stereocenters. The zero-order valence-corrected chi connectivity index (χ0v) is 17.9. The Balaban J connectivity index is 1.52. The minimum absolute atomic E-state index is 0.132. The maximum atomic E-state index is 13.4. The van der Waals surface area contributed by atoms with Crippen LogP contribution in [0.15, 0.2) is 88.8 Å². The molecule has 0 saturated carbocycles. The Kier molecular flexibility index (Phi) is 5.14. The molecule has 4 aromatic rings. The highest BCUT2D eigenvalue weighted by atomic mass is 16.2. The predicted octanol–water partition coefficient (Wildman–Crippen LogP) is 3.86. The average molecular weight is 436 g/mol. The summed E-state index contributed by atoms with van der Waals surface area (Å²) in [6.45, 7) is 2.00. The van der Waals surface area contributed by atoms with Crippen molar-refractivity contribution in [2.75, 3.05) is 0 Å². The monoisotopic (exact) mass is 436 g/mol. The van der Waals surface area contributed by atoms with E-state index in [0.29, 0.717) is 28.0 Å². The maximum absolute atomic E-state index is 13.4. The van der Waals surface area contributed by atoms with E-state index in [1.54, 1.807) is 41.8 Å². The third-order valence-corrected chi connectivity index (χ3v) is 5.54. The summed E-state index contributed by atoms with van der Waals surface area (Å²) < 4.78 is 1.64. The first kappa shape index (κ1) is 20.5. The molecule has 1 aliphatic heterocycles. The van der Waals surface area contributed by atoms with Crippen LogP contribution >= 0.6 is 0 Å². The summed E-state index contributed by atoms with van der Waals surface area (Å²) in [4.78, 5) is 42.7. The van der Waals surface area contributed by atoms with Crippen molar-refractivity contribution in [3.05, 3.63) is 100 Å². The Hall–Kier alpha value is -4.39. The molecule has 0 saturated heterocycles. The zero-order valence-electron chi connectivity index (χ0n) is 17.9. The number of amides is 2. The van der Waals surface area contributed by atoms with Gasteiger partial charge >= 0.3 is 0 Å². The van der Waals surface area contributed by atoms with Gasteiger partial charge in [0.15, 0.2) is 0 Å². The van der Waals surface area contributed by atoms with Gasteiger partial charge < -0.3 is 0 Å². The standard InChI is InChI=1S/C26H20N4O3/c1-17-15-23(31)30(28-17)25(32)20-13-11-18(12-14-20)16-29-24(19-7-3-2-4-8-19)27-22-10-6-5-9-21(22)26(29)33/h2-14H,15-16H2,1H3. The minimum Gasteiger partial charge on any atom is -0.288 e. The van der Waals surface area contributed by atoms with E-state index in [2.05, 4.69) is 5.10 Å². The van der Waals surface area contributed by atoms with Crippen LogP contribution in [0.1, 0.15) is 29.3 Å². The molecule has 2 amide bonds. The number of carbonyl (C=O) groups is 2. The molecular formula is C26H20N4O3. The molecule has 7 heteroatoms. The van der Waals surface area contributed by atoms with Gasteiger partial charge in [0.05, 0.1) is 23.9 Å². The number of hydrazone groups is 1. The molecule has 33 heavy (non-hydrogen) atoms. The third kappa shape index (κ3) is 3.85. The molecule has 3 aromatic carbocycles. The van der Waals surface area contributed by atoms with E-state index in [-0.39, 0.29) is 24.4 Å². The fraction of sp³-hybridized carbons (Fsp3) is 0.115. The van der Waals surface area contributed by atoms with Crippen LogP contribution in [0.3, 0.4) is 0 Å². The largest absolute Gasteiger partial charge is 0.288 e. The number of hydrogen-bond donors (Lipinski definition) is 0. The second-order valence-corrected chi connectivity index (χ2v) is 7.93. The van der Waals surface area contributed by atoms with Crippen LogP contribution in [-0.2, 0) is 11.3 Å². The van der Waals surface area contributed by atoms with Crippen LogP contribution in [0.5, 0.6) is 0 Å². The summed E-state index contributed by atoms with van der Waals surface area (Å²) in [5.41, 5.74) is 3.15. The van der Waals surface area contributed by atoms with Crippen molar-refractivity contribution in [2.24, 2.45) is 5.10 Å². The van der Waals surface area contributed by atoms with Crippen molar-refractivity contribution in [1.29, 1.82) is 0 Å². The second-order valence-electron chi connectivity index (χ2n) is 7.93. The van der Waals surface area contributed by atoms with E-state index in [9.17, 15) is 14.4 Å². The van der Waals surface area contributed by atoms with Gasteiger partial charge in [-0.3, -0.25) is 19.0 Å². The van der Waals surface area contributed by atoms with Crippen LogP contribution in [0.4, 0.5) is 0 Å². The topological polar surface area (TPSA) is 84.6 Å². The van der Waals surface area contributed by atoms with Gasteiger partial charge in [0.1, 0.15) is 5.82 Å². The second kappa shape index (κ2) is 8.27. The lowest BCUT2D eigenvalue weighted by Gasteiger charge is -2.14. The number of benzene rings is 3. The zero-order chi connectivity index (χ0) is 22.9. The fourth-order valence-corrected chi connectivity index (χ4v) is 3.89. The smallest absolute Gasteiger partial charge is 0.281 e. The molecule has 0 bridgehead atoms. The van der Waals surface area contributed by atoms with Crippen LogP contribution in [0.2, 0.25) is 0 Å². The van der Waals surface area contributed by atoms with E-state index >= 15 is 0 Å². The first-order chi connectivity index (χ1) is 16.0. The molecule has 1 aromatic heterocycles. The molecule has 0 aliphatic carbocycles. The molecule has 0 unspecified atom stereocenters. The minimum atomic E-state index is -0.460. The summed E-state index contributed by atoms with van der Waals surface area (Å²) in [7, 11) is 0. The highest BCUT2D eigenvalue weighted by Gasteiger charge is 2.28. The van der Waals surface area contributed by atoms with Gasteiger partial charge in [-0.1, -0.05) is 54.6 Å². The number of nitrogens with zero attached hydrogens (tertiary/aromatic N) is 4. The molecule has 2 heterocycles. The van der Waals surface area contributed by atoms with Crippen molar-refractivity contribution in [3.8, 4) is 11.4 Å². The predicted molar refractivity (Wildman–Crippen MR) is 126 cm³/mol. The molecule has 7 nitrogen and oxygen atoms in total. The summed E-state index contributed by atoms with van der Waals surface area (Å²) in [6, 6.07) is 23.7. The SMILES string of the molecule is CC1=NN(C(=O)c2ccc(Cn3c(-c4ccccc4)nc4ccccc4c3=O)cc2)C(=O)C1. The van der Waals surface area contributed by atoms with Gasteiger partial charge in [0.2, 0.25) is 0 Å². The highest BCUT2D eigenvalue weighted by Crippen LogP contribution is 2.20. The molecule has 0 fully saturated rings. The normalized spacial score (nSPS) is 13.4. The molecule has 0 radical (unpaired) electrons. The van der Waals surface area contributed by atoms with E-state index < -0.39 is 5.91 Å². The van der Waals surface area contributed by atoms with E-state index in [1.165, 1.54) is 0 Å². The highest BCUT2D eigenvalue weighted by molar-refractivity contribution is 6.13. The van der Waals surface area contributed by atoms with Gasteiger partial charge in [0, 0.05) is 16.8 Å². The number of carbonyl (C=O) groups excluding carboxylic acids is 2. The van der Waals surface area contributed by atoms with Crippen LogP contribution in [0, 0.1) is 0 Å². The maximum Gasteiger partial charge on any atom is 0.281 e. The van der Waals surface area contributed by atoms with Crippen LogP contribution in [-0.4, -0.2) is 32.1 Å². The average Bonchev–Trinajstić information content (AvgIpc) is 3.19. The lowest BCUT2D eigenvalue weighted by molar-refractivity contribution is -0.126. The van der Waals surface area contributed by atoms with Crippen molar-refractivity contribution in [2.45, 2.75) is 19.9 Å². The Labute approximate surface area is 189 Å². The van der Waals surface area contributed by atoms with Gasteiger partial charge in [0.25, 0.3) is 17.4 Å². The number of fused-ring (bicyclic) bond motifs is 1. The Morgan fingerprint density at radius 2 is 1.61 bits per heavy atom.